The van der Waals surface area contributed by atoms with Crippen LogP contribution in [-0.4, -0.2) is 32.8 Å². The largest absolute Gasteiger partial charge is 0.396 e. The summed E-state index contributed by atoms with van der Waals surface area (Å²) in [5, 5.41) is 18.8. The molecule has 0 unspecified atom stereocenters. The molecule has 6 nitrogen and oxygen atoms in total. The molecule has 4 rings (SSSR count). The topological polar surface area (TPSA) is 95.3 Å². The summed E-state index contributed by atoms with van der Waals surface area (Å²) in [5.41, 5.74) is 5.71. The van der Waals surface area contributed by atoms with Crippen molar-refractivity contribution in [3.8, 4) is 23.1 Å². The molecule has 144 valence electrons. The highest BCUT2D eigenvalue weighted by Gasteiger charge is 2.37. The van der Waals surface area contributed by atoms with Crippen LogP contribution in [0.5, 0.6) is 0 Å². The quantitative estimate of drug-likeness (QED) is 0.365. The van der Waals surface area contributed by atoms with Gasteiger partial charge in [0.15, 0.2) is 0 Å². The number of nitrogens with one attached hydrogen (secondary N) is 1. The molecule has 1 aliphatic carbocycles. The van der Waals surface area contributed by atoms with Gasteiger partial charge >= 0.3 is 0 Å². The van der Waals surface area contributed by atoms with Gasteiger partial charge < -0.3 is 5.11 Å². The van der Waals surface area contributed by atoms with E-state index in [1.165, 1.54) is 0 Å². The van der Waals surface area contributed by atoms with Gasteiger partial charge in [-0.1, -0.05) is 30.6 Å². The Morgan fingerprint density at radius 2 is 2.07 bits per heavy atom. The number of benzene rings is 1. The fraction of sp³-hybridized carbons (Fsp3) is 0.174. The second kappa shape index (κ2) is 7.84. The van der Waals surface area contributed by atoms with Gasteiger partial charge in [-0.3, -0.25) is 15.0 Å². The molecule has 6 heteroatoms. The number of fused-ring (bicyclic) bond motifs is 1. The van der Waals surface area contributed by atoms with Crippen molar-refractivity contribution in [2.75, 3.05) is 6.61 Å². The van der Waals surface area contributed by atoms with E-state index in [0.717, 1.165) is 23.1 Å². The Morgan fingerprint density at radius 3 is 2.76 bits per heavy atom. The zero-order valence-electron chi connectivity index (χ0n) is 15.6. The number of nitrogens with zero attached hydrogens (tertiary/aromatic N) is 2. The van der Waals surface area contributed by atoms with Crippen LogP contribution in [0.2, 0.25) is 0 Å². The van der Waals surface area contributed by atoms with Crippen LogP contribution in [0, 0.1) is 23.7 Å². The smallest absolute Gasteiger partial charge is 0.275 e. The number of hydroxylamine groups is 1. The molecule has 0 saturated heterocycles. The predicted molar refractivity (Wildman–Crippen MR) is 109 cm³/mol. The highest BCUT2D eigenvalue weighted by atomic mass is 16.5. The Morgan fingerprint density at radius 1 is 1.28 bits per heavy atom. The van der Waals surface area contributed by atoms with E-state index < -0.39 is 5.91 Å². The molecule has 1 aromatic carbocycles. The van der Waals surface area contributed by atoms with E-state index >= 15 is 0 Å². The summed E-state index contributed by atoms with van der Waals surface area (Å²) in [5.74, 6) is 6.17. The summed E-state index contributed by atoms with van der Waals surface area (Å²) >= 11 is 0. The van der Waals surface area contributed by atoms with E-state index in [1.807, 2.05) is 24.3 Å². The van der Waals surface area contributed by atoms with Gasteiger partial charge in [0, 0.05) is 35.5 Å². The monoisotopic (exact) mass is 385 g/mol. The third kappa shape index (κ3) is 3.87. The summed E-state index contributed by atoms with van der Waals surface area (Å²) in [6.07, 6.45) is 4.10. The van der Waals surface area contributed by atoms with Crippen molar-refractivity contribution >= 4 is 16.8 Å². The maximum absolute atomic E-state index is 12.1. The van der Waals surface area contributed by atoms with E-state index in [0.29, 0.717) is 34.0 Å². The average molecular weight is 385 g/mol. The van der Waals surface area contributed by atoms with E-state index in [9.17, 15) is 4.79 Å². The Bertz CT molecular complexity index is 1160. The van der Waals surface area contributed by atoms with Gasteiger partial charge in [-0.2, -0.15) is 0 Å². The molecule has 3 aromatic rings. The van der Waals surface area contributed by atoms with E-state index in [1.54, 1.807) is 30.0 Å². The van der Waals surface area contributed by atoms with E-state index in [2.05, 4.69) is 28.4 Å². The lowest BCUT2D eigenvalue weighted by atomic mass is 10.0. The maximum atomic E-state index is 12.1. The number of hydrogen-bond donors (Lipinski definition) is 3. The van der Waals surface area contributed by atoms with Crippen LogP contribution in [0.4, 0.5) is 0 Å². The van der Waals surface area contributed by atoms with Crippen LogP contribution in [-0.2, 0) is 0 Å². The SMILES string of the molecule is C=C(C#Cc1ccc(-c2cc(C(=O)NO)c3cnccc3n2)cc1)[C@@H]1C[C@H]1CO. The van der Waals surface area contributed by atoms with Crippen LogP contribution in [0.3, 0.4) is 0 Å². The number of carbonyl (C=O) groups is 1. The van der Waals surface area contributed by atoms with Gasteiger partial charge in [0.25, 0.3) is 5.91 Å². The van der Waals surface area contributed by atoms with Gasteiger partial charge in [-0.15, -0.1) is 0 Å². The molecular weight excluding hydrogens is 366 g/mol. The fourth-order valence-corrected chi connectivity index (χ4v) is 3.31. The molecule has 1 fully saturated rings. The normalized spacial score (nSPS) is 17.3. The zero-order chi connectivity index (χ0) is 20.4. The van der Waals surface area contributed by atoms with Crippen LogP contribution in [0.25, 0.3) is 22.2 Å². The van der Waals surface area contributed by atoms with Crippen LogP contribution in [0.1, 0.15) is 22.3 Å². The number of amides is 1. The summed E-state index contributed by atoms with van der Waals surface area (Å²) in [7, 11) is 0. The minimum absolute atomic E-state index is 0.186. The number of aliphatic hydroxyl groups is 1. The van der Waals surface area contributed by atoms with Crippen molar-refractivity contribution in [2.24, 2.45) is 11.8 Å². The molecular formula is C23H19N3O3. The lowest BCUT2D eigenvalue weighted by Gasteiger charge is -2.08. The molecule has 3 N–H and O–H groups in total. The summed E-state index contributed by atoms with van der Waals surface area (Å²) in [6.45, 7) is 4.19. The Hall–Kier alpha value is -3.53. The van der Waals surface area contributed by atoms with Crippen molar-refractivity contribution in [3.05, 3.63) is 72.1 Å². The highest BCUT2D eigenvalue weighted by Crippen LogP contribution is 2.42. The van der Waals surface area contributed by atoms with Gasteiger partial charge in [0.2, 0.25) is 0 Å². The Balaban J connectivity index is 1.62. The number of carbonyl (C=O) groups excluding carboxylic acids is 1. The summed E-state index contributed by atoms with van der Waals surface area (Å²) in [6, 6.07) is 10.9. The third-order valence-electron chi connectivity index (χ3n) is 5.11. The molecule has 1 saturated carbocycles. The first-order valence-corrected chi connectivity index (χ1v) is 9.22. The maximum Gasteiger partial charge on any atom is 0.275 e. The standard InChI is InChI=1S/C23H19N3O3/c1-14(18-10-17(18)13-27)2-3-15-4-6-16(7-5-15)22-11-19(23(28)26-29)20-12-24-9-8-21(20)25-22/h4-9,11-12,17-18,27,29H,1,10,13H2,(H,26,28)/t17-,18-/m0/s1. The molecule has 2 atom stereocenters. The molecule has 0 radical (unpaired) electrons. The fourth-order valence-electron chi connectivity index (χ4n) is 3.31. The molecule has 0 aliphatic heterocycles. The van der Waals surface area contributed by atoms with Gasteiger partial charge in [0.05, 0.1) is 16.8 Å². The van der Waals surface area contributed by atoms with Crippen LogP contribution in [0.15, 0.2) is 60.9 Å². The van der Waals surface area contributed by atoms with Gasteiger partial charge in [-0.05, 0) is 48.1 Å². The number of rotatable bonds is 4. The highest BCUT2D eigenvalue weighted by molar-refractivity contribution is 6.06. The van der Waals surface area contributed by atoms with Crippen molar-refractivity contribution < 1.29 is 15.1 Å². The first-order valence-electron chi connectivity index (χ1n) is 9.22. The first kappa shape index (κ1) is 18.8. The van der Waals surface area contributed by atoms with Crippen LogP contribution < -0.4 is 5.48 Å². The van der Waals surface area contributed by atoms with Crippen LogP contribution >= 0.6 is 0 Å². The predicted octanol–water partition coefficient (Wildman–Crippen LogP) is 2.95. The molecule has 2 heterocycles. The lowest BCUT2D eigenvalue weighted by Crippen LogP contribution is -2.19. The second-order valence-electron chi connectivity index (χ2n) is 7.03. The van der Waals surface area contributed by atoms with E-state index in [-0.39, 0.29) is 6.61 Å². The molecule has 1 amide bonds. The number of hydrogen-bond acceptors (Lipinski definition) is 5. The lowest BCUT2D eigenvalue weighted by molar-refractivity contribution is 0.0708. The average Bonchev–Trinajstić information content (AvgIpc) is 3.56. The van der Waals surface area contributed by atoms with Crippen molar-refractivity contribution in [3.63, 3.8) is 0 Å². The minimum atomic E-state index is -0.617. The van der Waals surface area contributed by atoms with Crippen molar-refractivity contribution in [1.29, 1.82) is 0 Å². The zero-order valence-corrected chi connectivity index (χ0v) is 15.6. The third-order valence-corrected chi connectivity index (χ3v) is 5.11. The molecule has 0 spiro atoms. The Kier molecular flexibility index (Phi) is 5.09. The second-order valence-corrected chi connectivity index (χ2v) is 7.03. The molecule has 1 aliphatic rings. The van der Waals surface area contributed by atoms with E-state index in [4.69, 9.17) is 10.3 Å². The Labute approximate surface area is 167 Å². The van der Waals surface area contributed by atoms with Crippen molar-refractivity contribution in [1.82, 2.24) is 15.4 Å². The molecule has 29 heavy (non-hydrogen) atoms. The molecule has 2 aromatic heterocycles. The van der Waals surface area contributed by atoms with Gasteiger partial charge in [-0.25, -0.2) is 10.5 Å². The molecule has 0 bridgehead atoms. The van der Waals surface area contributed by atoms with Gasteiger partial charge in [0.1, 0.15) is 0 Å². The number of aliphatic hydroxyl groups excluding tert-OH is 1. The number of allylic oxidation sites excluding steroid dienone is 1. The number of aromatic nitrogens is 2. The number of pyridine rings is 2. The minimum Gasteiger partial charge on any atom is -0.396 e. The summed E-state index contributed by atoms with van der Waals surface area (Å²) in [4.78, 5) is 20.7. The first-order chi connectivity index (χ1) is 14.1. The summed E-state index contributed by atoms with van der Waals surface area (Å²) < 4.78 is 0. The van der Waals surface area contributed by atoms with Crippen molar-refractivity contribution in [2.45, 2.75) is 6.42 Å².